The maximum absolute atomic E-state index is 13.9. The van der Waals surface area contributed by atoms with Crippen LogP contribution < -0.4 is 9.47 Å². The molecular formula is C20H25FO4. The van der Waals surface area contributed by atoms with Crippen LogP contribution >= 0.6 is 0 Å². The Kier molecular flexibility index (Phi) is 6.12. The lowest BCUT2D eigenvalue weighted by molar-refractivity contribution is 0.262. The van der Waals surface area contributed by atoms with Gasteiger partial charge in [-0.25, -0.2) is 0 Å². The number of aromatic hydroxyl groups is 2. The summed E-state index contributed by atoms with van der Waals surface area (Å²) in [7, 11) is 2.96. The van der Waals surface area contributed by atoms with Gasteiger partial charge in [-0.05, 0) is 41.3 Å². The quantitative estimate of drug-likeness (QED) is 0.774. The lowest BCUT2D eigenvalue weighted by Gasteiger charge is -2.29. The number of phenolic OH excluding ortho intramolecular Hbond substituents is 2. The van der Waals surface area contributed by atoms with Crippen LogP contribution in [0.1, 0.15) is 30.9 Å². The summed E-state index contributed by atoms with van der Waals surface area (Å²) < 4.78 is 24.3. The first-order chi connectivity index (χ1) is 11.9. The molecule has 25 heavy (non-hydrogen) atoms. The predicted molar refractivity (Wildman–Crippen MR) is 95.5 cm³/mol. The maximum atomic E-state index is 13.9. The number of phenols is 2. The molecule has 0 amide bonds. The minimum atomic E-state index is -0.491. The van der Waals surface area contributed by atoms with E-state index in [9.17, 15) is 14.6 Å². The van der Waals surface area contributed by atoms with Gasteiger partial charge in [0.15, 0.2) is 23.0 Å². The monoisotopic (exact) mass is 348 g/mol. The summed E-state index contributed by atoms with van der Waals surface area (Å²) in [5, 5.41) is 19.7. The van der Waals surface area contributed by atoms with Crippen LogP contribution in [0.5, 0.6) is 23.0 Å². The van der Waals surface area contributed by atoms with Gasteiger partial charge in [-0.15, -0.1) is 0 Å². The Morgan fingerprint density at radius 1 is 0.880 bits per heavy atom. The zero-order valence-electron chi connectivity index (χ0n) is 15.0. The van der Waals surface area contributed by atoms with Crippen LogP contribution in [-0.2, 0) is 0 Å². The zero-order chi connectivity index (χ0) is 18.6. The summed E-state index contributed by atoms with van der Waals surface area (Å²) in [6, 6.07) is 10.1. The van der Waals surface area contributed by atoms with E-state index in [0.717, 1.165) is 11.1 Å². The third-order valence-electron chi connectivity index (χ3n) is 4.59. The molecule has 2 aromatic rings. The van der Waals surface area contributed by atoms with Gasteiger partial charge < -0.3 is 19.7 Å². The van der Waals surface area contributed by atoms with E-state index in [2.05, 4.69) is 0 Å². The molecule has 0 saturated carbocycles. The van der Waals surface area contributed by atoms with Crippen molar-refractivity contribution in [3.05, 3.63) is 47.5 Å². The van der Waals surface area contributed by atoms with Gasteiger partial charge in [0.25, 0.3) is 0 Å². The van der Waals surface area contributed by atoms with Gasteiger partial charge in [0.05, 0.1) is 20.9 Å². The summed E-state index contributed by atoms with van der Waals surface area (Å²) in [5.74, 6) is 0.306. The lowest BCUT2D eigenvalue weighted by Crippen LogP contribution is -2.22. The molecule has 2 rings (SSSR count). The number of benzene rings is 2. The first-order valence-electron chi connectivity index (χ1n) is 8.22. The van der Waals surface area contributed by atoms with Crippen molar-refractivity contribution >= 4 is 0 Å². The number of halogens is 1. The van der Waals surface area contributed by atoms with Crippen molar-refractivity contribution in [2.75, 3.05) is 20.9 Å². The van der Waals surface area contributed by atoms with Gasteiger partial charge in [-0.1, -0.05) is 26.0 Å². The van der Waals surface area contributed by atoms with Gasteiger partial charge in [0.2, 0.25) is 0 Å². The predicted octanol–water partition coefficient (Wildman–Crippen LogP) is 4.49. The van der Waals surface area contributed by atoms with Crippen LogP contribution in [0.2, 0.25) is 0 Å². The Morgan fingerprint density at radius 3 is 1.64 bits per heavy atom. The van der Waals surface area contributed by atoms with E-state index in [-0.39, 0.29) is 29.3 Å². The molecule has 136 valence electrons. The summed E-state index contributed by atoms with van der Waals surface area (Å²) in [6.07, 6.45) is 0. The Morgan fingerprint density at radius 2 is 1.32 bits per heavy atom. The van der Waals surface area contributed by atoms with E-state index in [1.54, 1.807) is 36.4 Å². The average Bonchev–Trinajstić information content (AvgIpc) is 2.60. The standard InChI is InChI=1S/C20H25FO4/c1-12(2)15(11-21)20(13-5-7-16(22)18(9-13)24-3)14-6-8-17(23)19(10-14)25-4/h5-10,12,15,20,22-23H,11H2,1-4H3/t15-/m0/s1. The number of hydrogen-bond acceptors (Lipinski definition) is 4. The third kappa shape index (κ3) is 3.98. The molecule has 0 fully saturated rings. The Bertz CT molecular complexity index is 661. The van der Waals surface area contributed by atoms with Crippen LogP contribution in [0.3, 0.4) is 0 Å². The van der Waals surface area contributed by atoms with Crippen LogP contribution in [0.25, 0.3) is 0 Å². The molecule has 2 aromatic carbocycles. The number of methoxy groups -OCH3 is 2. The molecular weight excluding hydrogens is 323 g/mol. The SMILES string of the molecule is COc1cc(C(c2ccc(O)c(OC)c2)[C@@H](CF)C(C)C)ccc1O. The van der Waals surface area contributed by atoms with Gasteiger partial charge in [-0.3, -0.25) is 4.39 Å². The van der Waals surface area contributed by atoms with Crippen molar-refractivity contribution in [1.29, 1.82) is 0 Å². The first-order valence-corrected chi connectivity index (χ1v) is 8.22. The van der Waals surface area contributed by atoms with Crippen LogP contribution in [0.15, 0.2) is 36.4 Å². The topological polar surface area (TPSA) is 58.9 Å². The van der Waals surface area contributed by atoms with Crippen molar-refractivity contribution in [2.24, 2.45) is 11.8 Å². The second-order valence-electron chi connectivity index (χ2n) is 6.40. The lowest BCUT2D eigenvalue weighted by atomic mass is 9.76. The summed E-state index contributed by atoms with van der Waals surface area (Å²) >= 11 is 0. The van der Waals surface area contributed by atoms with Crippen LogP contribution in [-0.4, -0.2) is 31.1 Å². The molecule has 1 atom stereocenters. The highest BCUT2D eigenvalue weighted by molar-refractivity contribution is 5.49. The van der Waals surface area contributed by atoms with E-state index in [0.29, 0.717) is 11.5 Å². The zero-order valence-corrected chi connectivity index (χ0v) is 15.0. The fraction of sp³-hybridized carbons (Fsp3) is 0.400. The molecule has 0 aromatic heterocycles. The molecule has 0 saturated heterocycles. The first kappa shape index (κ1) is 18.9. The number of alkyl halides is 1. The smallest absolute Gasteiger partial charge is 0.160 e. The number of rotatable bonds is 7. The van der Waals surface area contributed by atoms with Crippen molar-refractivity contribution in [3.63, 3.8) is 0 Å². The average molecular weight is 348 g/mol. The maximum Gasteiger partial charge on any atom is 0.160 e. The van der Waals surface area contributed by atoms with E-state index >= 15 is 0 Å². The molecule has 2 N–H and O–H groups in total. The molecule has 0 radical (unpaired) electrons. The highest BCUT2D eigenvalue weighted by Gasteiger charge is 2.29. The van der Waals surface area contributed by atoms with E-state index in [1.807, 2.05) is 13.8 Å². The second-order valence-corrected chi connectivity index (χ2v) is 6.40. The minimum absolute atomic E-state index is 0.0367. The normalized spacial score (nSPS) is 12.4. The number of ether oxygens (including phenoxy) is 2. The van der Waals surface area contributed by atoms with E-state index < -0.39 is 6.67 Å². The summed E-state index contributed by atoms with van der Waals surface area (Å²) in [4.78, 5) is 0. The Labute approximate surface area is 147 Å². The molecule has 0 aliphatic rings. The third-order valence-corrected chi connectivity index (χ3v) is 4.59. The molecule has 0 spiro atoms. The molecule has 0 heterocycles. The Balaban J connectivity index is 2.61. The molecule has 4 nitrogen and oxygen atoms in total. The van der Waals surface area contributed by atoms with Gasteiger partial charge in [0.1, 0.15) is 0 Å². The summed E-state index contributed by atoms with van der Waals surface area (Å²) in [6.45, 7) is 3.47. The summed E-state index contributed by atoms with van der Waals surface area (Å²) in [5.41, 5.74) is 1.66. The molecule has 0 unspecified atom stereocenters. The van der Waals surface area contributed by atoms with Gasteiger partial charge in [0, 0.05) is 11.8 Å². The van der Waals surface area contributed by atoms with Gasteiger partial charge in [-0.2, -0.15) is 0 Å². The van der Waals surface area contributed by atoms with Crippen molar-refractivity contribution in [2.45, 2.75) is 19.8 Å². The fourth-order valence-corrected chi connectivity index (χ4v) is 3.11. The highest BCUT2D eigenvalue weighted by atomic mass is 19.1. The molecule has 0 bridgehead atoms. The molecule has 0 aliphatic heterocycles. The Hall–Kier alpha value is -2.43. The van der Waals surface area contributed by atoms with Crippen LogP contribution in [0.4, 0.5) is 4.39 Å². The highest BCUT2D eigenvalue weighted by Crippen LogP contribution is 2.42. The van der Waals surface area contributed by atoms with Crippen LogP contribution in [0, 0.1) is 11.8 Å². The minimum Gasteiger partial charge on any atom is -0.504 e. The fourth-order valence-electron chi connectivity index (χ4n) is 3.11. The van der Waals surface area contributed by atoms with E-state index in [4.69, 9.17) is 9.47 Å². The van der Waals surface area contributed by atoms with Crippen molar-refractivity contribution in [1.82, 2.24) is 0 Å². The largest absolute Gasteiger partial charge is 0.504 e. The van der Waals surface area contributed by atoms with Crippen molar-refractivity contribution in [3.8, 4) is 23.0 Å². The van der Waals surface area contributed by atoms with Crippen molar-refractivity contribution < 1.29 is 24.1 Å². The molecule has 5 heteroatoms. The number of hydrogen-bond donors (Lipinski definition) is 2. The second kappa shape index (κ2) is 8.10. The molecule has 0 aliphatic carbocycles. The van der Waals surface area contributed by atoms with Gasteiger partial charge >= 0.3 is 0 Å². The van der Waals surface area contributed by atoms with E-state index in [1.165, 1.54) is 14.2 Å².